The van der Waals surface area contributed by atoms with Crippen LogP contribution in [0.15, 0.2) is 12.2 Å². The van der Waals surface area contributed by atoms with Crippen molar-refractivity contribution in [1.29, 1.82) is 0 Å². The summed E-state index contributed by atoms with van der Waals surface area (Å²) in [4.78, 5) is 22.9. The molecule has 0 saturated carbocycles. The third-order valence-electron chi connectivity index (χ3n) is 5.29. The molecule has 1 N–H and O–H groups in total. The summed E-state index contributed by atoms with van der Waals surface area (Å²) < 4.78 is 4.99. The Morgan fingerprint density at radius 3 is 1.79 bits per heavy atom. The van der Waals surface area contributed by atoms with Crippen LogP contribution in [0.1, 0.15) is 123 Å². The van der Waals surface area contributed by atoms with Gasteiger partial charge in [0.25, 0.3) is 0 Å². The van der Waals surface area contributed by atoms with E-state index >= 15 is 0 Å². The number of hydrogen-bond acceptors (Lipinski definition) is 3. The number of rotatable bonds is 21. The van der Waals surface area contributed by atoms with Gasteiger partial charge in [0, 0.05) is 0 Å². The van der Waals surface area contributed by atoms with E-state index in [4.69, 9.17) is 4.74 Å². The molecule has 0 amide bonds. The Bertz CT molecular complexity index is 417. The first kappa shape index (κ1) is 27.7. The molecule has 0 aliphatic rings. The molecule has 0 aromatic rings. The van der Waals surface area contributed by atoms with Gasteiger partial charge in [-0.3, -0.25) is 9.59 Å². The standard InChI is InChI=1S/C25H46O4/c1-3-5-6-7-8-9-10-11-12-13-14-15-16-17-18-19-20-23(25(27)28)22-24(26)29-21-4-2/h13-14,23H,3-12,15-22H2,1-2H3,(H,27,28)/b14-13+. The maximum Gasteiger partial charge on any atom is 0.307 e. The Labute approximate surface area is 179 Å². The second kappa shape index (κ2) is 21.4. The lowest BCUT2D eigenvalue weighted by Crippen LogP contribution is -2.19. The molecule has 29 heavy (non-hydrogen) atoms. The fourth-order valence-corrected chi connectivity index (χ4v) is 3.43. The zero-order chi connectivity index (χ0) is 21.6. The number of carbonyl (C=O) groups is 2. The van der Waals surface area contributed by atoms with E-state index in [9.17, 15) is 14.7 Å². The molecule has 4 nitrogen and oxygen atoms in total. The highest BCUT2D eigenvalue weighted by Gasteiger charge is 2.21. The van der Waals surface area contributed by atoms with Crippen molar-refractivity contribution in [2.75, 3.05) is 6.61 Å². The maximum atomic E-state index is 11.6. The Morgan fingerprint density at radius 1 is 0.759 bits per heavy atom. The van der Waals surface area contributed by atoms with Crippen LogP contribution in [0.2, 0.25) is 0 Å². The summed E-state index contributed by atoms with van der Waals surface area (Å²) >= 11 is 0. The summed E-state index contributed by atoms with van der Waals surface area (Å²) in [6.45, 7) is 4.56. The summed E-state index contributed by atoms with van der Waals surface area (Å²) in [6, 6.07) is 0. The number of esters is 1. The number of carboxylic acid groups (broad SMARTS) is 1. The largest absolute Gasteiger partial charge is 0.481 e. The van der Waals surface area contributed by atoms with Gasteiger partial charge in [-0.1, -0.05) is 90.2 Å². The molecule has 0 spiro atoms. The number of hydrogen-bond donors (Lipinski definition) is 1. The van der Waals surface area contributed by atoms with E-state index in [1.54, 1.807) is 0 Å². The monoisotopic (exact) mass is 410 g/mol. The van der Waals surface area contributed by atoms with Crippen LogP contribution in [0, 0.1) is 5.92 Å². The molecule has 0 aliphatic heterocycles. The van der Waals surface area contributed by atoms with E-state index in [1.807, 2.05) is 6.92 Å². The second-order valence-electron chi connectivity index (χ2n) is 8.19. The predicted octanol–water partition coefficient (Wildman–Crippen LogP) is 7.46. The molecule has 0 aromatic carbocycles. The fraction of sp³-hybridized carbons (Fsp3) is 0.840. The van der Waals surface area contributed by atoms with Gasteiger partial charge in [-0.15, -0.1) is 0 Å². The van der Waals surface area contributed by atoms with Gasteiger partial charge in [0.2, 0.25) is 0 Å². The van der Waals surface area contributed by atoms with Gasteiger partial charge in [0.05, 0.1) is 18.9 Å². The van der Waals surface area contributed by atoms with Crippen molar-refractivity contribution in [1.82, 2.24) is 0 Å². The summed E-state index contributed by atoms with van der Waals surface area (Å²) in [5.41, 5.74) is 0. The average molecular weight is 411 g/mol. The summed E-state index contributed by atoms with van der Waals surface area (Å²) in [6.07, 6.45) is 23.4. The Hall–Kier alpha value is -1.32. The van der Waals surface area contributed by atoms with Crippen LogP contribution >= 0.6 is 0 Å². The first-order chi connectivity index (χ1) is 14.1. The minimum Gasteiger partial charge on any atom is -0.481 e. The van der Waals surface area contributed by atoms with Crippen molar-refractivity contribution in [3.63, 3.8) is 0 Å². The van der Waals surface area contributed by atoms with E-state index in [2.05, 4.69) is 19.1 Å². The highest BCUT2D eigenvalue weighted by Crippen LogP contribution is 2.16. The molecule has 0 rings (SSSR count). The minimum absolute atomic E-state index is 0.00316. The van der Waals surface area contributed by atoms with E-state index in [1.165, 1.54) is 57.8 Å². The zero-order valence-electron chi connectivity index (χ0n) is 19.1. The fourth-order valence-electron chi connectivity index (χ4n) is 3.43. The third kappa shape index (κ3) is 19.8. The van der Waals surface area contributed by atoms with Crippen molar-refractivity contribution in [2.24, 2.45) is 5.92 Å². The highest BCUT2D eigenvalue weighted by molar-refractivity contribution is 5.78. The third-order valence-corrected chi connectivity index (χ3v) is 5.29. The number of carbonyl (C=O) groups excluding carboxylic acids is 1. The number of ether oxygens (including phenoxy) is 1. The molecule has 1 atom stereocenters. The van der Waals surface area contributed by atoms with Crippen LogP contribution < -0.4 is 0 Å². The topological polar surface area (TPSA) is 63.6 Å². The maximum absolute atomic E-state index is 11.6. The van der Waals surface area contributed by atoms with Gasteiger partial charge in [0.15, 0.2) is 0 Å². The molecule has 1 unspecified atom stereocenters. The van der Waals surface area contributed by atoms with Crippen LogP contribution in [0.4, 0.5) is 0 Å². The van der Waals surface area contributed by atoms with E-state index < -0.39 is 11.9 Å². The van der Waals surface area contributed by atoms with Gasteiger partial charge in [-0.2, -0.15) is 0 Å². The van der Waals surface area contributed by atoms with Crippen molar-refractivity contribution >= 4 is 11.9 Å². The first-order valence-electron chi connectivity index (χ1n) is 12.1. The molecule has 4 heteroatoms. The molecule has 0 heterocycles. The SMILES string of the molecule is CCCCCCCCCC/C=C/CCCCCCC(CC(=O)OCCC)C(=O)O. The molecule has 0 aromatic heterocycles. The van der Waals surface area contributed by atoms with E-state index in [-0.39, 0.29) is 12.4 Å². The van der Waals surface area contributed by atoms with Crippen molar-refractivity contribution in [3.8, 4) is 0 Å². The van der Waals surface area contributed by atoms with Crippen molar-refractivity contribution in [3.05, 3.63) is 12.2 Å². The number of carboxylic acids is 1. The van der Waals surface area contributed by atoms with E-state index in [0.29, 0.717) is 13.0 Å². The molecule has 0 aliphatic carbocycles. The number of allylic oxidation sites excluding steroid dienone is 2. The number of aliphatic carboxylic acids is 1. The normalized spacial score (nSPS) is 12.3. The second-order valence-corrected chi connectivity index (χ2v) is 8.19. The lowest BCUT2D eigenvalue weighted by atomic mass is 9.97. The summed E-state index contributed by atoms with van der Waals surface area (Å²) in [7, 11) is 0. The quantitative estimate of drug-likeness (QED) is 0.121. The van der Waals surface area contributed by atoms with Gasteiger partial charge in [-0.25, -0.2) is 0 Å². The molecule has 0 fully saturated rings. The van der Waals surface area contributed by atoms with Crippen molar-refractivity contribution in [2.45, 2.75) is 123 Å². The molecule has 170 valence electrons. The lowest BCUT2D eigenvalue weighted by Gasteiger charge is -2.11. The molecule has 0 bridgehead atoms. The van der Waals surface area contributed by atoms with Crippen LogP contribution in [0.3, 0.4) is 0 Å². The van der Waals surface area contributed by atoms with Gasteiger partial charge in [-0.05, 0) is 38.5 Å². The molecular formula is C25H46O4. The van der Waals surface area contributed by atoms with E-state index in [0.717, 1.165) is 38.5 Å². The minimum atomic E-state index is -0.887. The molecule has 0 radical (unpaired) electrons. The Balaban J connectivity index is 3.52. The van der Waals surface area contributed by atoms with Crippen LogP contribution in [0.5, 0.6) is 0 Å². The van der Waals surface area contributed by atoms with Crippen LogP contribution in [-0.2, 0) is 14.3 Å². The van der Waals surface area contributed by atoms with Gasteiger partial charge >= 0.3 is 11.9 Å². The van der Waals surface area contributed by atoms with Crippen LogP contribution in [0.25, 0.3) is 0 Å². The summed E-state index contributed by atoms with van der Waals surface area (Å²) in [5.74, 6) is -1.88. The first-order valence-corrected chi connectivity index (χ1v) is 12.1. The number of unbranched alkanes of at least 4 members (excludes halogenated alkanes) is 12. The van der Waals surface area contributed by atoms with Crippen LogP contribution in [-0.4, -0.2) is 23.7 Å². The molecule has 0 saturated heterocycles. The van der Waals surface area contributed by atoms with Gasteiger partial charge < -0.3 is 9.84 Å². The van der Waals surface area contributed by atoms with Crippen molar-refractivity contribution < 1.29 is 19.4 Å². The Kier molecular flexibility index (Phi) is 20.4. The van der Waals surface area contributed by atoms with Gasteiger partial charge in [0.1, 0.15) is 0 Å². The Morgan fingerprint density at radius 2 is 1.28 bits per heavy atom. The zero-order valence-corrected chi connectivity index (χ0v) is 19.1. The summed E-state index contributed by atoms with van der Waals surface area (Å²) in [5, 5.41) is 9.26. The predicted molar refractivity (Wildman–Crippen MR) is 121 cm³/mol. The highest BCUT2D eigenvalue weighted by atomic mass is 16.5. The smallest absolute Gasteiger partial charge is 0.307 e. The molecular weight excluding hydrogens is 364 g/mol. The lowest BCUT2D eigenvalue weighted by molar-refractivity contribution is -0.151. The average Bonchev–Trinajstić information content (AvgIpc) is 2.70.